The molecule has 0 bridgehead atoms. The smallest absolute Gasteiger partial charge is 0.258 e. The van der Waals surface area contributed by atoms with Gasteiger partial charge in [0.15, 0.2) is 0 Å². The van der Waals surface area contributed by atoms with E-state index >= 15 is 0 Å². The van der Waals surface area contributed by atoms with Crippen molar-refractivity contribution >= 4 is 0 Å². The van der Waals surface area contributed by atoms with Gasteiger partial charge in [0.1, 0.15) is 11.5 Å². The van der Waals surface area contributed by atoms with Crippen LogP contribution in [-0.4, -0.2) is 23.9 Å². The lowest BCUT2D eigenvalue weighted by Gasteiger charge is -2.02. The SMILES string of the molecule is CCOc1ccc(-c2noc(-c3ccc(OC)cc3)n2)cc1. The van der Waals surface area contributed by atoms with Crippen molar-refractivity contribution in [3.8, 4) is 34.3 Å². The summed E-state index contributed by atoms with van der Waals surface area (Å²) in [7, 11) is 1.63. The summed E-state index contributed by atoms with van der Waals surface area (Å²) in [5, 5.41) is 4.02. The lowest BCUT2D eigenvalue weighted by atomic mass is 10.2. The van der Waals surface area contributed by atoms with E-state index in [4.69, 9.17) is 14.0 Å². The fraction of sp³-hybridized carbons (Fsp3) is 0.176. The minimum absolute atomic E-state index is 0.478. The van der Waals surface area contributed by atoms with Crippen molar-refractivity contribution in [3.63, 3.8) is 0 Å². The van der Waals surface area contributed by atoms with Crippen molar-refractivity contribution in [1.82, 2.24) is 10.1 Å². The van der Waals surface area contributed by atoms with Crippen molar-refractivity contribution in [2.45, 2.75) is 6.92 Å². The molecule has 1 heterocycles. The largest absolute Gasteiger partial charge is 0.497 e. The Bertz CT molecular complexity index is 733. The lowest BCUT2D eigenvalue weighted by molar-refractivity contribution is 0.340. The molecule has 5 heteroatoms. The second-order valence-electron chi connectivity index (χ2n) is 4.61. The monoisotopic (exact) mass is 296 g/mol. The molecular weight excluding hydrogens is 280 g/mol. The quantitative estimate of drug-likeness (QED) is 0.716. The number of nitrogens with zero attached hydrogens (tertiary/aromatic N) is 2. The average Bonchev–Trinajstić information content (AvgIpc) is 3.06. The molecule has 0 saturated heterocycles. The number of hydrogen-bond donors (Lipinski definition) is 0. The first-order chi connectivity index (χ1) is 10.8. The molecule has 0 aliphatic carbocycles. The summed E-state index contributed by atoms with van der Waals surface area (Å²) in [5.74, 6) is 2.64. The van der Waals surface area contributed by atoms with Gasteiger partial charge < -0.3 is 14.0 Å². The van der Waals surface area contributed by atoms with Crippen molar-refractivity contribution < 1.29 is 14.0 Å². The zero-order valence-electron chi connectivity index (χ0n) is 12.4. The number of benzene rings is 2. The molecule has 0 N–H and O–H groups in total. The molecule has 112 valence electrons. The van der Waals surface area contributed by atoms with Crippen LogP contribution in [0.1, 0.15) is 6.92 Å². The van der Waals surface area contributed by atoms with Gasteiger partial charge in [-0.3, -0.25) is 0 Å². The van der Waals surface area contributed by atoms with Gasteiger partial charge in [-0.1, -0.05) is 5.16 Å². The van der Waals surface area contributed by atoms with Crippen molar-refractivity contribution in [2.75, 3.05) is 13.7 Å². The van der Waals surface area contributed by atoms with Crippen molar-refractivity contribution in [3.05, 3.63) is 48.5 Å². The fourth-order valence-corrected chi connectivity index (χ4v) is 2.06. The summed E-state index contributed by atoms with van der Waals surface area (Å²) in [6.45, 7) is 2.59. The summed E-state index contributed by atoms with van der Waals surface area (Å²) >= 11 is 0. The first-order valence-electron chi connectivity index (χ1n) is 7.01. The number of methoxy groups -OCH3 is 1. The van der Waals surface area contributed by atoms with Gasteiger partial charge in [0.2, 0.25) is 5.82 Å². The minimum atomic E-state index is 0.478. The highest BCUT2D eigenvalue weighted by Crippen LogP contribution is 2.25. The van der Waals surface area contributed by atoms with Gasteiger partial charge in [0.25, 0.3) is 5.89 Å². The number of aromatic nitrogens is 2. The van der Waals surface area contributed by atoms with E-state index in [2.05, 4.69) is 10.1 Å². The van der Waals surface area contributed by atoms with Crippen LogP contribution in [0.4, 0.5) is 0 Å². The second-order valence-corrected chi connectivity index (χ2v) is 4.61. The van der Waals surface area contributed by atoms with Crippen LogP contribution in [0.3, 0.4) is 0 Å². The molecule has 3 aromatic rings. The Morgan fingerprint density at radius 3 is 2.18 bits per heavy atom. The zero-order chi connectivity index (χ0) is 15.4. The molecule has 1 aromatic heterocycles. The number of hydrogen-bond acceptors (Lipinski definition) is 5. The van der Waals surface area contributed by atoms with E-state index in [0.29, 0.717) is 18.3 Å². The molecular formula is C17H16N2O3. The van der Waals surface area contributed by atoms with E-state index in [1.165, 1.54) is 0 Å². The first kappa shape index (κ1) is 14.1. The highest BCUT2D eigenvalue weighted by Gasteiger charge is 2.10. The Balaban J connectivity index is 1.83. The summed E-state index contributed by atoms with van der Waals surface area (Å²) < 4.78 is 15.9. The van der Waals surface area contributed by atoms with Gasteiger partial charge in [-0.25, -0.2) is 0 Å². The molecule has 0 spiro atoms. The van der Waals surface area contributed by atoms with E-state index < -0.39 is 0 Å². The molecule has 0 amide bonds. The number of ether oxygens (including phenoxy) is 2. The summed E-state index contributed by atoms with van der Waals surface area (Å²) in [6, 6.07) is 15.1. The van der Waals surface area contributed by atoms with Crippen LogP contribution in [0.5, 0.6) is 11.5 Å². The highest BCUT2D eigenvalue weighted by molar-refractivity contribution is 5.60. The van der Waals surface area contributed by atoms with Gasteiger partial charge in [-0.2, -0.15) is 4.98 Å². The summed E-state index contributed by atoms with van der Waals surface area (Å²) in [4.78, 5) is 4.42. The maximum Gasteiger partial charge on any atom is 0.258 e. The topological polar surface area (TPSA) is 57.4 Å². The normalized spacial score (nSPS) is 10.5. The van der Waals surface area contributed by atoms with Crippen LogP contribution < -0.4 is 9.47 Å². The van der Waals surface area contributed by atoms with E-state index in [1.54, 1.807) is 7.11 Å². The Kier molecular flexibility index (Phi) is 4.05. The molecule has 22 heavy (non-hydrogen) atoms. The molecule has 2 aromatic carbocycles. The third-order valence-electron chi connectivity index (χ3n) is 3.19. The van der Waals surface area contributed by atoms with Crippen LogP contribution in [-0.2, 0) is 0 Å². The van der Waals surface area contributed by atoms with E-state index in [1.807, 2.05) is 55.5 Å². The molecule has 0 fully saturated rings. The molecule has 0 aliphatic heterocycles. The number of rotatable bonds is 5. The van der Waals surface area contributed by atoms with Gasteiger partial charge >= 0.3 is 0 Å². The Morgan fingerprint density at radius 1 is 0.909 bits per heavy atom. The van der Waals surface area contributed by atoms with Gasteiger partial charge in [0.05, 0.1) is 13.7 Å². The minimum Gasteiger partial charge on any atom is -0.497 e. The van der Waals surface area contributed by atoms with E-state index in [-0.39, 0.29) is 0 Å². The Labute approximate surface area is 128 Å². The van der Waals surface area contributed by atoms with Gasteiger partial charge in [-0.15, -0.1) is 0 Å². The van der Waals surface area contributed by atoms with Gasteiger partial charge in [0, 0.05) is 11.1 Å². The standard InChI is InChI=1S/C17H16N2O3/c1-3-21-15-10-4-12(5-11-15)16-18-17(22-19-16)13-6-8-14(20-2)9-7-13/h4-11H,3H2,1-2H3. The van der Waals surface area contributed by atoms with E-state index in [0.717, 1.165) is 22.6 Å². The first-order valence-corrected chi connectivity index (χ1v) is 7.01. The molecule has 5 nitrogen and oxygen atoms in total. The lowest BCUT2D eigenvalue weighted by Crippen LogP contribution is -1.90. The molecule has 0 saturated carbocycles. The van der Waals surface area contributed by atoms with E-state index in [9.17, 15) is 0 Å². The Morgan fingerprint density at radius 2 is 1.55 bits per heavy atom. The second kappa shape index (κ2) is 6.30. The van der Waals surface area contributed by atoms with Crippen LogP contribution >= 0.6 is 0 Å². The predicted molar refractivity (Wildman–Crippen MR) is 82.9 cm³/mol. The van der Waals surface area contributed by atoms with Crippen LogP contribution in [0.2, 0.25) is 0 Å². The summed E-state index contributed by atoms with van der Waals surface area (Å²) in [6.07, 6.45) is 0. The predicted octanol–water partition coefficient (Wildman–Crippen LogP) is 3.81. The molecule has 0 unspecified atom stereocenters. The van der Waals surface area contributed by atoms with Crippen LogP contribution in [0, 0.1) is 0 Å². The molecule has 0 atom stereocenters. The summed E-state index contributed by atoms with van der Waals surface area (Å²) in [5.41, 5.74) is 1.73. The maximum atomic E-state index is 5.42. The third-order valence-corrected chi connectivity index (χ3v) is 3.19. The maximum absolute atomic E-state index is 5.42. The van der Waals surface area contributed by atoms with Crippen molar-refractivity contribution in [2.24, 2.45) is 0 Å². The third kappa shape index (κ3) is 2.93. The van der Waals surface area contributed by atoms with Crippen molar-refractivity contribution in [1.29, 1.82) is 0 Å². The molecule has 0 aliphatic rings. The van der Waals surface area contributed by atoms with Gasteiger partial charge in [-0.05, 0) is 55.5 Å². The Hall–Kier alpha value is -2.82. The van der Waals surface area contributed by atoms with Crippen LogP contribution in [0.25, 0.3) is 22.8 Å². The highest BCUT2D eigenvalue weighted by atomic mass is 16.5. The zero-order valence-corrected chi connectivity index (χ0v) is 12.4. The molecule has 3 rings (SSSR count). The average molecular weight is 296 g/mol. The molecule has 0 radical (unpaired) electrons. The fourth-order valence-electron chi connectivity index (χ4n) is 2.06. The van der Waals surface area contributed by atoms with Crippen LogP contribution in [0.15, 0.2) is 53.1 Å².